The van der Waals surface area contributed by atoms with Crippen LogP contribution in [0.5, 0.6) is 0 Å². The maximum Gasteiger partial charge on any atom is 0.329 e. The lowest BCUT2D eigenvalue weighted by Crippen LogP contribution is -2.32. The number of carbonyl (C=O) groups excluding carboxylic acids is 1. The minimum absolute atomic E-state index is 0.168. The second-order valence-electron chi connectivity index (χ2n) is 9.13. The highest BCUT2D eigenvalue weighted by Gasteiger charge is 2.36. The molecule has 2 aromatic rings. The molecule has 1 aromatic heterocycles. The van der Waals surface area contributed by atoms with Gasteiger partial charge in [0.2, 0.25) is 0 Å². The highest BCUT2D eigenvalue weighted by molar-refractivity contribution is 8.15. The first-order valence-electron chi connectivity index (χ1n) is 10.2. The number of aliphatic carboxylic acids is 1. The van der Waals surface area contributed by atoms with Crippen molar-refractivity contribution in [3.63, 3.8) is 0 Å². The topological polar surface area (TPSA) is 84.5 Å². The molecule has 2 heterocycles. The molecule has 1 fully saturated rings. The second-order valence-corrected chi connectivity index (χ2v) is 10.4. The summed E-state index contributed by atoms with van der Waals surface area (Å²) in [5.74, 6) is -1.13. The van der Waals surface area contributed by atoms with E-state index < -0.39 is 17.4 Å². The number of aliphatic imine (C=N–C) groups is 1. The molecule has 4 rings (SSSR count). The summed E-state index contributed by atoms with van der Waals surface area (Å²) in [6.45, 7) is 7.08. The Morgan fingerprint density at radius 2 is 1.97 bits per heavy atom. The molecule has 0 amide bonds. The molecule has 1 aliphatic carbocycles. The maximum atomic E-state index is 12.3. The van der Waals surface area contributed by atoms with Crippen LogP contribution in [0.15, 0.2) is 23.2 Å². The quantitative estimate of drug-likeness (QED) is 0.734. The molecular weight excluding hydrogens is 386 g/mol. The monoisotopic (exact) mass is 413 g/mol. The van der Waals surface area contributed by atoms with Gasteiger partial charge in [-0.1, -0.05) is 39.7 Å². The highest BCUT2D eigenvalue weighted by atomic mass is 32.2. The molecule has 1 aliphatic heterocycles. The number of hydrogen-bond donors (Lipinski definition) is 1. The van der Waals surface area contributed by atoms with Crippen molar-refractivity contribution in [3.05, 3.63) is 29.5 Å². The lowest BCUT2D eigenvalue weighted by Gasteiger charge is -2.27. The van der Waals surface area contributed by atoms with E-state index in [1.165, 1.54) is 30.9 Å². The summed E-state index contributed by atoms with van der Waals surface area (Å²) in [5, 5.41) is 16.6. The van der Waals surface area contributed by atoms with Crippen molar-refractivity contribution in [3.8, 4) is 0 Å². The average molecular weight is 414 g/mol. The zero-order valence-corrected chi connectivity index (χ0v) is 18.1. The summed E-state index contributed by atoms with van der Waals surface area (Å²) in [5.41, 5.74) is 1.42. The van der Waals surface area contributed by atoms with E-state index in [4.69, 9.17) is 4.99 Å². The van der Waals surface area contributed by atoms with Crippen LogP contribution in [0.4, 0.5) is 0 Å². The molecule has 1 saturated carbocycles. The predicted octanol–water partition coefficient (Wildman–Crippen LogP) is 4.72. The van der Waals surface area contributed by atoms with Crippen molar-refractivity contribution in [2.45, 2.75) is 70.7 Å². The smallest absolute Gasteiger partial charge is 0.329 e. The van der Waals surface area contributed by atoms with E-state index in [-0.39, 0.29) is 5.78 Å². The molecule has 0 saturated heterocycles. The summed E-state index contributed by atoms with van der Waals surface area (Å²) in [6.07, 6.45) is 4.85. The highest BCUT2D eigenvalue weighted by Crippen LogP contribution is 2.40. The van der Waals surface area contributed by atoms with Crippen molar-refractivity contribution in [2.75, 3.05) is 0 Å². The molecule has 0 spiro atoms. The first-order valence-corrected chi connectivity index (χ1v) is 11.1. The number of hydrogen-bond acceptors (Lipinski definition) is 5. The van der Waals surface area contributed by atoms with E-state index in [0.29, 0.717) is 27.9 Å². The lowest BCUT2D eigenvalue weighted by atomic mass is 9.87. The van der Waals surface area contributed by atoms with Crippen LogP contribution in [-0.4, -0.2) is 43.0 Å². The predicted molar refractivity (Wildman–Crippen MR) is 116 cm³/mol. The Morgan fingerprint density at radius 3 is 2.59 bits per heavy atom. The van der Waals surface area contributed by atoms with Crippen LogP contribution in [0.2, 0.25) is 0 Å². The minimum atomic E-state index is -0.958. The van der Waals surface area contributed by atoms with Crippen LogP contribution in [0.1, 0.15) is 75.5 Å². The largest absolute Gasteiger partial charge is 0.480 e. The molecule has 1 N–H and O–H groups in total. The third kappa shape index (κ3) is 3.61. The minimum Gasteiger partial charge on any atom is -0.480 e. The van der Waals surface area contributed by atoms with E-state index in [2.05, 4.69) is 5.10 Å². The molecule has 0 bridgehead atoms. The number of rotatable bonds is 4. The summed E-state index contributed by atoms with van der Waals surface area (Å²) >= 11 is 1.84. The molecule has 6 nitrogen and oxygen atoms in total. The molecular formula is C22H27N3O3S. The number of fused-ring (bicyclic) bond motifs is 2. The summed E-state index contributed by atoms with van der Waals surface area (Å²) in [4.78, 5) is 29.3. The van der Waals surface area contributed by atoms with Gasteiger partial charge in [0.25, 0.3) is 0 Å². The Kier molecular flexibility index (Phi) is 5.05. The van der Waals surface area contributed by atoms with Crippen LogP contribution in [-0.2, 0) is 4.79 Å². The van der Waals surface area contributed by atoms with Crippen LogP contribution in [0.25, 0.3) is 10.9 Å². The Bertz CT molecular complexity index is 1020. The molecule has 154 valence electrons. The molecule has 3 atom stereocenters. The van der Waals surface area contributed by atoms with Gasteiger partial charge < -0.3 is 5.11 Å². The molecule has 0 radical (unpaired) electrons. The Hall–Kier alpha value is -2.15. The summed E-state index contributed by atoms with van der Waals surface area (Å²) < 4.78 is 1.50. The Labute approximate surface area is 174 Å². The van der Waals surface area contributed by atoms with Crippen LogP contribution in [0.3, 0.4) is 0 Å². The fraction of sp³-hybridized carbons (Fsp3) is 0.545. The lowest BCUT2D eigenvalue weighted by molar-refractivity contribution is -0.144. The Balaban J connectivity index is 1.82. The number of carboxylic acids is 1. The fourth-order valence-corrected chi connectivity index (χ4v) is 5.79. The van der Waals surface area contributed by atoms with Gasteiger partial charge in [0.1, 0.15) is 5.69 Å². The standard InChI is InChI=1S/C22H27N3O3S/c1-12(26)18-14-11-13(20-23-15-7-5-6-8-17(15)29-20)9-10-16(14)25(24-18)19(21(27)28)22(2,3)4/h9-11,15,17,19H,5-8H2,1-4H3,(H,27,28). The van der Waals surface area contributed by atoms with E-state index in [0.717, 1.165) is 17.0 Å². The van der Waals surface area contributed by atoms with Crippen molar-refractivity contribution in [1.82, 2.24) is 9.78 Å². The number of carboxylic acid groups (broad SMARTS) is 1. The van der Waals surface area contributed by atoms with Gasteiger partial charge >= 0.3 is 5.97 Å². The molecule has 3 unspecified atom stereocenters. The van der Waals surface area contributed by atoms with E-state index in [9.17, 15) is 14.7 Å². The number of nitrogens with zero attached hydrogens (tertiary/aromatic N) is 3. The number of benzene rings is 1. The van der Waals surface area contributed by atoms with E-state index >= 15 is 0 Å². The number of ketones is 1. The van der Waals surface area contributed by atoms with Crippen LogP contribution >= 0.6 is 11.8 Å². The van der Waals surface area contributed by atoms with E-state index in [1.807, 2.05) is 50.7 Å². The van der Waals surface area contributed by atoms with Gasteiger partial charge in [0.15, 0.2) is 11.8 Å². The molecule has 2 aliphatic rings. The molecule has 29 heavy (non-hydrogen) atoms. The zero-order valence-electron chi connectivity index (χ0n) is 17.3. The number of thioether (sulfide) groups is 1. The van der Waals surface area contributed by atoms with E-state index in [1.54, 1.807) is 0 Å². The van der Waals surface area contributed by atoms with Gasteiger partial charge in [-0.2, -0.15) is 5.10 Å². The number of Topliss-reactive ketones (excluding diaryl/α,β-unsaturated/α-hetero) is 1. The van der Waals surface area contributed by atoms with Gasteiger partial charge in [-0.15, -0.1) is 11.8 Å². The van der Waals surface area contributed by atoms with Gasteiger partial charge in [-0.3, -0.25) is 9.79 Å². The number of carbonyl (C=O) groups is 2. The van der Waals surface area contributed by atoms with Crippen molar-refractivity contribution in [1.29, 1.82) is 0 Å². The SMILES string of the molecule is CC(=O)c1nn(C(C(=O)O)C(C)(C)C)c2ccc(C3=NC4CCCCC4S3)cc12. The molecule has 1 aromatic carbocycles. The van der Waals surface area contributed by atoms with Crippen molar-refractivity contribution in [2.24, 2.45) is 10.4 Å². The van der Waals surface area contributed by atoms with Crippen molar-refractivity contribution >= 4 is 39.5 Å². The second kappa shape index (κ2) is 7.27. The van der Waals surface area contributed by atoms with Gasteiger partial charge in [0, 0.05) is 23.1 Å². The first kappa shape index (κ1) is 20.1. The van der Waals surface area contributed by atoms with Gasteiger partial charge in [-0.25, -0.2) is 9.48 Å². The Morgan fingerprint density at radius 1 is 1.24 bits per heavy atom. The third-order valence-electron chi connectivity index (χ3n) is 5.80. The van der Waals surface area contributed by atoms with Crippen LogP contribution in [0, 0.1) is 5.41 Å². The third-order valence-corrected chi connectivity index (χ3v) is 7.22. The van der Waals surface area contributed by atoms with Crippen LogP contribution < -0.4 is 0 Å². The average Bonchev–Trinajstić information content (AvgIpc) is 3.22. The molecule has 7 heteroatoms. The van der Waals surface area contributed by atoms with Gasteiger partial charge in [0.05, 0.1) is 16.6 Å². The fourth-order valence-electron chi connectivity index (χ4n) is 4.40. The first-order chi connectivity index (χ1) is 13.7. The zero-order chi connectivity index (χ0) is 20.9. The number of aromatic nitrogens is 2. The van der Waals surface area contributed by atoms with Crippen molar-refractivity contribution < 1.29 is 14.7 Å². The van der Waals surface area contributed by atoms with Gasteiger partial charge in [-0.05, 0) is 30.4 Å². The normalized spacial score (nSPS) is 23.0. The maximum absolute atomic E-state index is 12.3. The summed E-state index contributed by atoms with van der Waals surface area (Å²) in [7, 11) is 0. The summed E-state index contributed by atoms with van der Waals surface area (Å²) in [6, 6.07) is 5.35.